The molecule has 0 aliphatic rings. The maximum atomic E-state index is 12.4. The van der Waals surface area contributed by atoms with Gasteiger partial charge in [-0.1, -0.05) is 55.5 Å². The molecule has 1 unspecified atom stereocenters. The number of aromatic nitrogens is 2. The number of hydrogen-bond acceptors (Lipinski definition) is 5. The fourth-order valence-electron chi connectivity index (χ4n) is 2.63. The maximum absolute atomic E-state index is 12.4. The van der Waals surface area contributed by atoms with Gasteiger partial charge < -0.3 is 10.6 Å². The summed E-state index contributed by atoms with van der Waals surface area (Å²) in [6.45, 7) is 5.68. The molecule has 0 aliphatic carbocycles. The van der Waals surface area contributed by atoms with Gasteiger partial charge in [-0.2, -0.15) is 0 Å². The van der Waals surface area contributed by atoms with Crippen molar-refractivity contribution in [1.82, 2.24) is 15.5 Å². The summed E-state index contributed by atoms with van der Waals surface area (Å²) in [6.07, 6.45) is 2.14. The van der Waals surface area contributed by atoms with Crippen molar-refractivity contribution in [2.45, 2.75) is 52.0 Å². The summed E-state index contributed by atoms with van der Waals surface area (Å²) in [7, 11) is 0. The zero-order valence-electron chi connectivity index (χ0n) is 14.8. The van der Waals surface area contributed by atoms with Gasteiger partial charge in [-0.25, -0.2) is 0 Å². The number of anilines is 1. The van der Waals surface area contributed by atoms with Crippen molar-refractivity contribution in [3.05, 3.63) is 40.9 Å². The molecule has 1 aromatic heterocycles. The molecule has 6 nitrogen and oxygen atoms in total. The largest absolute Gasteiger partial charge is 0.349 e. The van der Waals surface area contributed by atoms with Crippen LogP contribution in [0.25, 0.3) is 0 Å². The molecule has 134 valence electrons. The molecule has 0 fully saturated rings. The molecular formula is C18H24N4O2S. The summed E-state index contributed by atoms with van der Waals surface area (Å²) in [5.74, 6) is 0.00281. The Kier molecular flexibility index (Phi) is 7.06. The van der Waals surface area contributed by atoms with Crippen LogP contribution in [0, 0.1) is 0 Å². The molecule has 0 aliphatic heterocycles. The predicted octanol–water partition coefficient (Wildman–Crippen LogP) is 3.65. The van der Waals surface area contributed by atoms with E-state index in [1.54, 1.807) is 0 Å². The highest BCUT2D eigenvalue weighted by atomic mass is 32.1. The summed E-state index contributed by atoms with van der Waals surface area (Å²) in [6, 6.07) is 9.08. The van der Waals surface area contributed by atoms with E-state index in [4.69, 9.17) is 0 Å². The third-order valence-corrected chi connectivity index (χ3v) is 4.99. The number of carbonyl (C=O) groups excluding carboxylic acids is 2. The Labute approximate surface area is 152 Å². The summed E-state index contributed by atoms with van der Waals surface area (Å²) in [4.78, 5) is 23.8. The van der Waals surface area contributed by atoms with E-state index in [0.29, 0.717) is 11.0 Å². The Morgan fingerprint density at radius 3 is 2.40 bits per heavy atom. The van der Waals surface area contributed by atoms with Crippen LogP contribution in [0.2, 0.25) is 0 Å². The van der Waals surface area contributed by atoms with Crippen molar-refractivity contribution < 1.29 is 9.59 Å². The molecule has 2 amide bonds. The van der Waals surface area contributed by atoms with Gasteiger partial charge in [-0.05, 0) is 18.4 Å². The molecule has 2 N–H and O–H groups in total. The minimum atomic E-state index is -0.370. The summed E-state index contributed by atoms with van der Waals surface area (Å²) in [5, 5.41) is 15.3. The number of carbonyl (C=O) groups is 2. The molecule has 0 saturated heterocycles. The van der Waals surface area contributed by atoms with E-state index >= 15 is 0 Å². The topological polar surface area (TPSA) is 84.0 Å². The number of nitrogens with zero attached hydrogens (tertiary/aromatic N) is 2. The molecule has 2 aromatic rings. The van der Waals surface area contributed by atoms with Crippen LogP contribution in [-0.2, 0) is 9.59 Å². The molecule has 1 atom stereocenters. The van der Waals surface area contributed by atoms with Crippen LogP contribution >= 0.6 is 11.3 Å². The fourth-order valence-corrected chi connectivity index (χ4v) is 3.65. The second-order valence-corrected chi connectivity index (χ2v) is 6.88. The zero-order chi connectivity index (χ0) is 18.2. The van der Waals surface area contributed by atoms with E-state index in [1.165, 1.54) is 18.3 Å². The summed E-state index contributed by atoms with van der Waals surface area (Å²) >= 11 is 1.41. The first-order valence-electron chi connectivity index (χ1n) is 8.48. The van der Waals surface area contributed by atoms with Crippen LogP contribution < -0.4 is 10.6 Å². The Morgan fingerprint density at radius 2 is 1.80 bits per heavy atom. The van der Waals surface area contributed by atoms with Gasteiger partial charge in [0.05, 0.1) is 12.5 Å². The zero-order valence-corrected chi connectivity index (χ0v) is 15.6. The number of amides is 2. The van der Waals surface area contributed by atoms with E-state index in [9.17, 15) is 9.59 Å². The van der Waals surface area contributed by atoms with Gasteiger partial charge in [0, 0.05) is 12.8 Å². The first kappa shape index (κ1) is 19.1. The van der Waals surface area contributed by atoms with E-state index < -0.39 is 0 Å². The molecule has 25 heavy (non-hydrogen) atoms. The standard InChI is InChI=1S/C18H24N4O2S/c1-4-13(5-2)17-21-22-18(25-17)20-16(24)11-15(19-12(3)23)14-9-7-6-8-10-14/h6-10,13,15H,4-5,11H2,1-3H3,(H,19,23)(H,20,22,24). The van der Waals surface area contributed by atoms with Crippen LogP contribution in [0.1, 0.15) is 62.6 Å². The highest BCUT2D eigenvalue weighted by molar-refractivity contribution is 7.15. The summed E-state index contributed by atoms with van der Waals surface area (Å²) in [5.41, 5.74) is 0.892. The Morgan fingerprint density at radius 1 is 1.12 bits per heavy atom. The molecule has 0 bridgehead atoms. The minimum Gasteiger partial charge on any atom is -0.349 e. The molecule has 0 spiro atoms. The van der Waals surface area contributed by atoms with Gasteiger partial charge in [-0.3, -0.25) is 9.59 Å². The van der Waals surface area contributed by atoms with Gasteiger partial charge in [0.1, 0.15) is 5.01 Å². The molecule has 2 rings (SSSR count). The Hall–Kier alpha value is -2.28. The average molecular weight is 360 g/mol. The highest BCUT2D eigenvalue weighted by Crippen LogP contribution is 2.28. The van der Waals surface area contributed by atoms with Gasteiger partial charge >= 0.3 is 0 Å². The van der Waals surface area contributed by atoms with Crippen LogP contribution in [0.4, 0.5) is 5.13 Å². The van der Waals surface area contributed by atoms with E-state index in [-0.39, 0.29) is 24.3 Å². The van der Waals surface area contributed by atoms with Crippen LogP contribution in [0.3, 0.4) is 0 Å². The quantitative estimate of drug-likeness (QED) is 0.752. The van der Waals surface area contributed by atoms with E-state index in [1.807, 2.05) is 30.3 Å². The van der Waals surface area contributed by atoms with E-state index in [0.717, 1.165) is 23.4 Å². The first-order chi connectivity index (χ1) is 12.0. The predicted molar refractivity (Wildman–Crippen MR) is 99.5 cm³/mol. The van der Waals surface area contributed by atoms with Gasteiger partial charge in [0.15, 0.2) is 0 Å². The van der Waals surface area contributed by atoms with Crippen molar-refractivity contribution in [3.8, 4) is 0 Å². The molecule has 1 aromatic carbocycles. The minimum absolute atomic E-state index is 0.142. The third kappa shape index (κ3) is 5.63. The second-order valence-electron chi connectivity index (χ2n) is 5.87. The summed E-state index contributed by atoms with van der Waals surface area (Å²) < 4.78 is 0. The van der Waals surface area contributed by atoms with E-state index in [2.05, 4.69) is 34.7 Å². The van der Waals surface area contributed by atoms with Gasteiger partial charge in [0.25, 0.3) is 0 Å². The lowest BCUT2D eigenvalue weighted by Gasteiger charge is -2.17. The molecule has 1 heterocycles. The molecule has 0 saturated carbocycles. The van der Waals surface area contributed by atoms with Crippen molar-refractivity contribution in [3.63, 3.8) is 0 Å². The molecule has 0 radical (unpaired) electrons. The average Bonchev–Trinajstić information content (AvgIpc) is 3.04. The number of benzene rings is 1. The van der Waals surface area contributed by atoms with Crippen molar-refractivity contribution in [2.75, 3.05) is 5.32 Å². The van der Waals surface area contributed by atoms with Crippen molar-refractivity contribution >= 4 is 28.3 Å². The monoisotopic (exact) mass is 360 g/mol. The smallest absolute Gasteiger partial charge is 0.228 e. The Balaban J connectivity index is 2.03. The fraction of sp³-hybridized carbons (Fsp3) is 0.444. The van der Waals surface area contributed by atoms with Gasteiger partial charge in [-0.15, -0.1) is 10.2 Å². The maximum Gasteiger partial charge on any atom is 0.228 e. The number of nitrogens with one attached hydrogen (secondary N) is 2. The van der Waals surface area contributed by atoms with Crippen molar-refractivity contribution in [1.29, 1.82) is 0 Å². The lowest BCUT2D eigenvalue weighted by Crippen LogP contribution is -2.29. The normalized spacial score (nSPS) is 12.0. The molecule has 7 heteroatoms. The Bertz CT molecular complexity index is 698. The van der Waals surface area contributed by atoms with Crippen LogP contribution in [-0.4, -0.2) is 22.0 Å². The second kappa shape index (κ2) is 9.27. The first-order valence-corrected chi connectivity index (χ1v) is 9.30. The SMILES string of the molecule is CCC(CC)c1nnc(NC(=O)CC(NC(C)=O)c2ccccc2)s1. The highest BCUT2D eigenvalue weighted by Gasteiger charge is 2.19. The number of rotatable bonds is 8. The molecular weight excluding hydrogens is 336 g/mol. The van der Waals surface area contributed by atoms with Gasteiger partial charge in [0.2, 0.25) is 16.9 Å². The van der Waals surface area contributed by atoms with Crippen molar-refractivity contribution in [2.24, 2.45) is 0 Å². The van der Waals surface area contributed by atoms with Crippen LogP contribution in [0.15, 0.2) is 30.3 Å². The third-order valence-electron chi connectivity index (χ3n) is 3.99. The van der Waals surface area contributed by atoms with Crippen LogP contribution in [0.5, 0.6) is 0 Å². The lowest BCUT2D eigenvalue weighted by atomic mass is 10.0. The number of hydrogen-bond donors (Lipinski definition) is 2. The lowest BCUT2D eigenvalue weighted by molar-refractivity contribution is -0.120.